The molecule has 0 bridgehead atoms. The quantitative estimate of drug-likeness (QED) is 0.909. The van der Waals surface area contributed by atoms with Crippen LogP contribution in [-0.4, -0.2) is 45.1 Å². The smallest absolute Gasteiger partial charge is 0.255 e. The van der Waals surface area contributed by atoms with Gasteiger partial charge in [-0.15, -0.1) is 0 Å². The van der Waals surface area contributed by atoms with Crippen LogP contribution in [0.5, 0.6) is 0 Å². The van der Waals surface area contributed by atoms with Gasteiger partial charge in [-0.3, -0.25) is 9.89 Å². The van der Waals surface area contributed by atoms with Gasteiger partial charge in [-0.1, -0.05) is 0 Å². The Bertz CT molecular complexity index is 663. The molecule has 1 aliphatic heterocycles. The highest BCUT2D eigenvalue weighted by atomic mass is 16.2. The van der Waals surface area contributed by atoms with Gasteiger partial charge in [0.15, 0.2) is 0 Å². The molecule has 1 saturated heterocycles. The van der Waals surface area contributed by atoms with E-state index in [4.69, 9.17) is 0 Å². The average Bonchev–Trinajstić information content (AvgIpc) is 3.24. The minimum absolute atomic E-state index is 0.0692. The van der Waals surface area contributed by atoms with E-state index in [1.807, 2.05) is 23.1 Å². The van der Waals surface area contributed by atoms with Crippen molar-refractivity contribution in [1.29, 1.82) is 0 Å². The van der Waals surface area contributed by atoms with E-state index in [-0.39, 0.29) is 5.91 Å². The Labute approximate surface area is 135 Å². The molecule has 1 amide bonds. The van der Waals surface area contributed by atoms with Gasteiger partial charge in [-0.25, -0.2) is 4.98 Å². The number of carbonyl (C=O) groups is 1. The van der Waals surface area contributed by atoms with Crippen molar-refractivity contribution in [3.63, 3.8) is 0 Å². The second-order valence-corrected chi connectivity index (χ2v) is 6.45. The average molecular weight is 311 g/mol. The Morgan fingerprint density at radius 3 is 2.87 bits per heavy atom. The molecule has 3 heterocycles. The molecule has 2 aromatic rings. The second kappa shape index (κ2) is 6.02. The number of nitrogens with one attached hydrogen (secondary N) is 2. The fraction of sp³-hybridized carbons (Fsp3) is 0.471. The third kappa shape index (κ3) is 3.21. The molecule has 2 N–H and O–H groups in total. The number of H-pyrrole nitrogens is 1. The molecule has 120 valence electrons. The number of hydrogen-bond acceptors (Lipinski definition) is 4. The van der Waals surface area contributed by atoms with Crippen LogP contribution < -0.4 is 5.32 Å². The Balaban J connectivity index is 1.43. The number of rotatable bonds is 4. The fourth-order valence-corrected chi connectivity index (χ4v) is 3.13. The molecule has 1 aliphatic carbocycles. The fourth-order valence-electron chi connectivity index (χ4n) is 3.13. The van der Waals surface area contributed by atoms with Gasteiger partial charge < -0.3 is 10.2 Å². The lowest BCUT2D eigenvalue weighted by atomic mass is 9.94. The highest BCUT2D eigenvalue weighted by Crippen LogP contribution is 2.27. The van der Waals surface area contributed by atoms with E-state index in [2.05, 4.69) is 20.5 Å². The maximum Gasteiger partial charge on any atom is 0.255 e. The topological polar surface area (TPSA) is 73.9 Å². The zero-order chi connectivity index (χ0) is 15.6. The Morgan fingerprint density at radius 1 is 1.26 bits per heavy atom. The number of nitrogens with zero attached hydrogens (tertiary/aromatic N) is 3. The number of aromatic nitrogens is 3. The van der Waals surface area contributed by atoms with Gasteiger partial charge in [0.25, 0.3) is 5.91 Å². The van der Waals surface area contributed by atoms with Gasteiger partial charge in [0.2, 0.25) is 0 Å². The predicted octanol–water partition coefficient (Wildman–Crippen LogP) is 2.40. The van der Waals surface area contributed by atoms with Crippen LogP contribution in [0.2, 0.25) is 0 Å². The monoisotopic (exact) mass is 311 g/mol. The molecule has 0 spiro atoms. The van der Waals surface area contributed by atoms with Crippen molar-refractivity contribution in [3.05, 3.63) is 41.9 Å². The minimum atomic E-state index is 0.0692. The van der Waals surface area contributed by atoms with Gasteiger partial charge in [-0.05, 0) is 43.9 Å². The molecule has 23 heavy (non-hydrogen) atoms. The number of likely N-dealkylation sites (tertiary alicyclic amines) is 1. The minimum Gasteiger partial charge on any atom is -0.367 e. The molecule has 0 aromatic carbocycles. The summed E-state index contributed by atoms with van der Waals surface area (Å²) in [7, 11) is 0. The molecule has 0 unspecified atom stereocenters. The summed E-state index contributed by atoms with van der Waals surface area (Å²) in [5, 5.41) is 10.4. The molecule has 1 saturated carbocycles. The van der Waals surface area contributed by atoms with Crippen molar-refractivity contribution >= 4 is 11.7 Å². The number of piperidine rings is 1. The van der Waals surface area contributed by atoms with E-state index in [1.165, 1.54) is 12.8 Å². The molecule has 4 rings (SSSR count). The summed E-state index contributed by atoms with van der Waals surface area (Å²) in [6.45, 7) is 1.55. The van der Waals surface area contributed by atoms with Crippen LogP contribution >= 0.6 is 0 Å². The van der Waals surface area contributed by atoms with Crippen molar-refractivity contribution in [3.8, 4) is 0 Å². The summed E-state index contributed by atoms with van der Waals surface area (Å²) >= 11 is 0. The van der Waals surface area contributed by atoms with Gasteiger partial charge >= 0.3 is 0 Å². The van der Waals surface area contributed by atoms with Crippen molar-refractivity contribution in [2.75, 3.05) is 18.4 Å². The molecule has 2 aromatic heterocycles. The van der Waals surface area contributed by atoms with E-state index in [0.717, 1.165) is 37.4 Å². The van der Waals surface area contributed by atoms with Crippen molar-refractivity contribution in [2.45, 2.75) is 37.6 Å². The zero-order valence-electron chi connectivity index (χ0n) is 13.0. The van der Waals surface area contributed by atoms with Crippen LogP contribution in [-0.2, 0) is 0 Å². The van der Waals surface area contributed by atoms with E-state index in [0.29, 0.717) is 17.5 Å². The van der Waals surface area contributed by atoms with Crippen molar-refractivity contribution in [1.82, 2.24) is 20.1 Å². The van der Waals surface area contributed by atoms with E-state index < -0.39 is 0 Å². The molecule has 6 nitrogen and oxygen atoms in total. The first-order chi connectivity index (χ1) is 11.3. The summed E-state index contributed by atoms with van der Waals surface area (Å²) in [5.41, 5.74) is 1.78. The molecule has 6 heteroatoms. The maximum atomic E-state index is 12.7. The Morgan fingerprint density at radius 2 is 2.17 bits per heavy atom. The summed E-state index contributed by atoms with van der Waals surface area (Å²) in [5.74, 6) is 1.27. The first-order valence-electron chi connectivity index (χ1n) is 8.31. The number of hydrogen-bond donors (Lipinski definition) is 2. The summed E-state index contributed by atoms with van der Waals surface area (Å²) in [6.07, 6.45) is 7.99. The molecular weight excluding hydrogens is 290 g/mol. The van der Waals surface area contributed by atoms with Crippen LogP contribution in [0.25, 0.3) is 0 Å². The maximum absolute atomic E-state index is 12.7. The Kier molecular flexibility index (Phi) is 3.73. The molecule has 0 radical (unpaired) electrons. The van der Waals surface area contributed by atoms with Gasteiger partial charge in [0, 0.05) is 43.1 Å². The van der Waals surface area contributed by atoms with Crippen LogP contribution in [0.1, 0.15) is 47.7 Å². The van der Waals surface area contributed by atoms with E-state index >= 15 is 0 Å². The largest absolute Gasteiger partial charge is 0.367 e. The lowest BCUT2D eigenvalue weighted by molar-refractivity contribution is 0.0705. The van der Waals surface area contributed by atoms with Gasteiger partial charge in [0.1, 0.15) is 5.82 Å². The highest BCUT2D eigenvalue weighted by Gasteiger charge is 2.26. The first-order valence-corrected chi connectivity index (χ1v) is 8.31. The van der Waals surface area contributed by atoms with Crippen molar-refractivity contribution in [2.24, 2.45) is 0 Å². The normalized spacial score (nSPS) is 21.2. The Hall–Kier alpha value is -2.37. The molecular formula is C17H21N5O. The van der Waals surface area contributed by atoms with Crippen LogP contribution in [0.4, 0.5) is 5.82 Å². The van der Waals surface area contributed by atoms with Crippen LogP contribution in [0.15, 0.2) is 30.6 Å². The van der Waals surface area contributed by atoms with E-state index in [9.17, 15) is 4.79 Å². The van der Waals surface area contributed by atoms with E-state index in [1.54, 1.807) is 12.4 Å². The summed E-state index contributed by atoms with van der Waals surface area (Å²) in [4.78, 5) is 19.0. The second-order valence-electron chi connectivity index (χ2n) is 6.45. The summed E-state index contributed by atoms with van der Waals surface area (Å²) in [6, 6.07) is 6.35. The first kappa shape index (κ1) is 14.2. The molecule has 2 aliphatic rings. The number of carbonyl (C=O) groups excluding carboxylic acids is 1. The van der Waals surface area contributed by atoms with Gasteiger partial charge in [-0.2, -0.15) is 5.10 Å². The molecule has 1 atom stereocenters. The number of pyridine rings is 1. The predicted molar refractivity (Wildman–Crippen MR) is 87.3 cm³/mol. The van der Waals surface area contributed by atoms with Crippen molar-refractivity contribution < 1.29 is 4.79 Å². The van der Waals surface area contributed by atoms with Crippen LogP contribution in [0.3, 0.4) is 0 Å². The zero-order valence-corrected chi connectivity index (χ0v) is 13.0. The number of amides is 1. The lowest BCUT2D eigenvalue weighted by Crippen LogP contribution is -2.39. The lowest BCUT2D eigenvalue weighted by Gasteiger charge is -2.32. The third-order valence-electron chi connectivity index (χ3n) is 4.61. The summed E-state index contributed by atoms with van der Waals surface area (Å²) < 4.78 is 0. The SMILES string of the molecule is O=C(c1ccc(NC2CC2)nc1)N1CCC[C@@H](c2ccn[nH]2)C1. The van der Waals surface area contributed by atoms with Crippen LogP contribution in [0, 0.1) is 0 Å². The third-order valence-corrected chi connectivity index (χ3v) is 4.61. The van der Waals surface area contributed by atoms with Gasteiger partial charge in [0.05, 0.1) is 5.56 Å². The number of anilines is 1. The standard InChI is InChI=1S/C17H21N5O/c23-17(12-3-6-16(18-10-12)20-14-4-5-14)22-9-1-2-13(11-22)15-7-8-19-21-15/h3,6-8,10,13-14H,1-2,4-5,9,11H2,(H,18,20)(H,19,21)/t13-/m1/s1. The molecule has 2 fully saturated rings. The number of aromatic amines is 1. The highest BCUT2D eigenvalue weighted by molar-refractivity contribution is 5.94.